The van der Waals surface area contributed by atoms with Gasteiger partial charge in [-0.3, -0.25) is 14.4 Å². The number of carbonyl (C=O) groups is 3. The van der Waals surface area contributed by atoms with E-state index in [0.29, 0.717) is 17.2 Å². The normalized spacial score (nSPS) is 21.8. The second-order valence-electron chi connectivity index (χ2n) is 13.0. The van der Waals surface area contributed by atoms with Crippen molar-refractivity contribution >= 4 is 28.8 Å². The van der Waals surface area contributed by atoms with Gasteiger partial charge in [-0.1, -0.05) is 118 Å². The largest absolute Gasteiger partial charge is 0.480 e. The van der Waals surface area contributed by atoms with Crippen molar-refractivity contribution in [3.8, 4) is 0 Å². The quantitative estimate of drug-likeness (QED) is 0.279. The van der Waals surface area contributed by atoms with Gasteiger partial charge in [-0.25, -0.2) is 0 Å². The Bertz CT molecular complexity index is 1120. The van der Waals surface area contributed by atoms with E-state index < -0.39 is 11.9 Å². The number of carbonyl (C=O) groups excluding carboxylic acids is 2. The molecule has 0 saturated heterocycles. The Morgan fingerprint density at radius 3 is 1.82 bits per heavy atom. The van der Waals surface area contributed by atoms with Crippen LogP contribution >= 0.6 is 11.8 Å². The minimum Gasteiger partial charge on any atom is -0.480 e. The number of benzene rings is 2. The van der Waals surface area contributed by atoms with Gasteiger partial charge in [0.15, 0.2) is 0 Å². The lowest BCUT2D eigenvalue weighted by atomic mass is 9.81. The van der Waals surface area contributed by atoms with Gasteiger partial charge in [0.1, 0.15) is 6.54 Å². The predicted molar refractivity (Wildman–Crippen MR) is 180 cm³/mol. The number of carboxylic acid groups (broad SMARTS) is 1. The zero-order chi connectivity index (χ0) is 31.1. The molecule has 1 amide bonds. The highest BCUT2D eigenvalue weighted by Gasteiger charge is 2.33. The van der Waals surface area contributed by atoms with Gasteiger partial charge in [-0.05, 0) is 62.8 Å². The van der Waals surface area contributed by atoms with E-state index in [9.17, 15) is 19.5 Å². The Hall–Kier alpha value is -2.64. The zero-order valence-corrected chi connectivity index (χ0v) is 27.3. The molecule has 7 heteroatoms. The first kappa shape index (κ1) is 34.2. The van der Waals surface area contributed by atoms with Gasteiger partial charge in [0.05, 0.1) is 0 Å². The van der Waals surface area contributed by atoms with Gasteiger partial charge < -0.3 is 15.3 Å². The fourth-order valence-corrected chi connectivity index (χ4v) is 7.91. The fourth-order valence-electron chi connectivity index (χ4n) is 7.06. The Kier molecular flexibility index (Phi) is 14.3. The molecule has 1 atom stereocenters. The van der Waals surface area contributed by atoms with Crippen LogP contribution in [-0.4, -0.2) is 57.4 Å². The predicted octanol–water partition coefficient (Wildman–Crippen LogP) is 8.08. The molecule has 5 rings (SSSR count). The topological polar surface area (TPSA) is 86.7 Å². The number of nitrogens with zero attached hydrogens (tertiary/aromatic N) is 1. The molecule has 2 N–H and O–H groups in total. The number of rotatable bonds is 10. The lowest BCUT2D eigenvalue weighted by Crippen LogP contribution is -2.47. The summed E-state index contributed by atoms with van der Waals surface area (Å²) in [6.07, 6.45) is 18.0. The van der Waals surface area contributed by atoms with E-state index in [1.165, 1.54) is 74.7 Å². The first-order valence-corrected chi connectivity index (χ1v) is 17.9. The zero-order valence-electron chi connectivity index (χ0n) is 26.5. The summed E-state index contributed by atoms with van der Waals surface area (Å²) in [6, 6.07) is 21.0. The van der Waals surface area contributed by atoms with Crippen LogP contribution in [0.15, 0.2) is 60.7 Å². The third-order valence-corrected chi connectivity index (χ3v) is 10.7. The van der Waals surface area contributed by atoms with Crippen molar-refractivity contribution in [2.24, 2.45) is 5.92 Å². The van der Waals surface area contributed by atoms with E-state index in [0.717, 1.165) is 49.5 Å². The molecule has 2 aromatic carbocycles. The van der Waals surface area contributed by atoms with E-state index in [1.54, 1.807) is 19.1 Å². The summed E-state index contributed by atoms with van der Waals surface area (Å²) in [5.41, 5.74) is 1.91. The molecule has 3 fully saturated rings. The summed E-state index contributed by atoms with van der Waals surface area (Å²) in [5.74, 6) is -0.820. The average molecular weight is 621 g/mol. The van der Waals surface area contributed by atoms with Crippen molar-refractivity contribution in [3.05, 3.63) is 71.8 Å². The molecule has 6 nitrogen and oxygen atoms in total. The molecule has 2 aromatic rings. The molecule has 3 aliphatic rings. The molecule has 0 aliphatic heterocycles. The Balaban J connectivity index is 0.000000281. The van der Waals surface area contributed by atoms with E-state index in [-0.39, 0.29) is 23.6 Å². The van der Waals surface area contributed by atoms with E-state index in [1.807, 2.05) is 36.4 Å². The molecule has 0 radical (unpaired) electrons. The van der Waals surface area contributed by atoms with Gasteiger partial charge in [0.25, 0.3) is 0 Å². The number of aliphatic carboxylic acids is 1. The SMILES string of the molecule is C1CCC(NC2CCCCC2)CC1.C[C@H](CSC(=O)c1ccccc1)C(=O)N(CC(=O)O)C1CCC(c2ccccc2)CC1. The summed E-state index contributed by atoms with van der Waals surface area (Å²) < 4.78 is 0. The second kappa shape index (κ2) is 18.4. The highest BCUT2D eigenvalue weighted by Crippen LogP contribution is 2.35. The Morgan fingerprint density at radius 1 is 0.773 bits per heavy atom. The van der Waals surface area contributed by atoms with Crippen molar-refractivity contribution < 1.29 is 19.5 Å². The molecular weight excluding hydrogens is 568 g/mol. The minimum atomic E-state index is -1.00. The second-order valence-corrected chi connectivity index (χ2v) is 14.0. The smallest absolute Gasteiger partial charge is 0.323 e. The highest BCUT2D eigenvalue weighted by molar-refractivity contribution is 8.14. The molecule has 0 spiro atoms. The lowest BCUT2D eigenvalue weighted by Gasteiger charge is -2.37. The van der Waals surface area contributed by atoms with Crippen LogP contribution in [-0.2, 0) is 9.59 Å². The van der Waals surface area contributed by atoms with Crippen LogP contribution in [0.25, 0.3) is 0 Å². The molecule has 0 unspecified atom stereocenters. The number of thioether (sulfide) groups is 1. The maximum atomic E-state index is 13.1. The lowest BCUT2D eigenvalue weighted by molar-refractivity contribution is -0.148. The van der Waals surface area contributed by atoms with Crippen LogP contribution in [0.3, 0.4) is 0 Å². The van der Waals surface area contributed by atoms with Gasteiger partial charge in [0.2, 0.25) is 11.0 Å². The van der Waals surface area contributed by atoms with Crippen molar-refractivity contribution in [1.29, 1.82) is 0 Å². The third kappa shape index (κ3) is 11.1. The maximum Gasteiger partial charge on any atom is 0.323 e. The van der Waals surface area contributed by atoms with Crippen molar-refractivity contribution in [2.45, 2.75) is 121 Å². The van der Waals surface area contributed by atoms with Crippen LogP contribution in [0.2, 0.25) is 0 Å². The van der Waals surface area contributed by atoms with Crippen LogP contribution < -0.4 is 5.32 Å². The molecule has 240 valence electrons. The van der Waals surface area contributed by atoms with Crippen molar-refractivity contribution in [3.63, 3.8) is 0 Å². The molecule has 0 bridgehead atoms. The fraction of sp³-hybridized carbons (Fsp3) is 0.595. The average Bonchev–Trinajstić information content (AvgIpc) is 3.07. The molecule has 0 heterocycles. The number of nitrogens with one attached hydrogen (secondary N) is 1. The molecule has 0 aromatic heterocycles. The summed E-state index contributed by atoms with van der Waals surface area (Å²) in [4.78, 5) is 38.4. The van der Waals surface area contributed by atoms with E-state index >= 15 is 0 Å². The van der Waals surface area contributed by atoms with Crippen LogP contribution in [0, 0.1) is 5.92 Å². The maximum absolute atomic E-state index is 13.1. The van der Waals surface area contributed by atoms with Crippen molar-refractivity contribution in [2.75, 3.05) is 12.3 Å². The van der Waals surface area contributed by atoms with E-state index in [4.69, 9.17) is 0 Å². The highest BCUT2D eigenvalue weighted by atomic mass is 32.2. The van der Waals surface area contributed by atoms with Crippen LogP contribution in [0.5, 0.6) is 0 Å². The first-order chi connectivity index (χ1) is 21.4. The molecule has 3 saturated carbocycles. The van der Waals surface area contributed by atoms with Gasteiger partial charge in [-0.15, -0.1) is 0 Å². The summed E-state index contributed by atoms with van der Waals surface area (Å²) in [5, 5.41) is 13.2. The summed E-state index contributed by atoms with van der Waals surface area (Å²) >= 11 is 1.11. The third-order valence-electron chi connectivity index (χ3n) is 9.57. The standard InChI is InChI=1S/C25H29NO4S.C12H23N/c1-18(17-31-25(30)21-10-6-3-7-11-21)24(29)26(16-23(27)28)22-14-12-20(13-15-22)19-8-4-2-5-9-19;1-3-7-11(8-4-1)13-12-9-5-2-6-10-12/h2-11,18,20,22H,12-17H2,1H3,(H,27,28);11-13H,1-10H2/t18-,20?,22?;/m1./s1. The van der Waals surface area contributed by atoms with Gasteiger partial charge >= 0.3 is 5.97 Å². The van der Waals surface area contributed by atoms with Gasteiger partial charge in [0, 0.05) is 35.4 Å². The Morgan fingerprint density at radius 2 is 1.30 bits per heavy atom. The van der Waals surface area contributed by atoms with Gasteiger partial charge in [-0.2, -0.15) is 0 Å². The number of carboxylic acids is 1. The monoisotopic (exact) mass is 620 g/mol. The number of hydrogen-bond acceptors (Lipinski definition) is 5. The molecule has 3 aliphatic carbocycles. The molecule has 44 heavy (non-hydrogen) atoms. The minimum absolute atomic E-state index is 0.0687. The van der Waals surface area contributed by atoms with E-state index in [2.05, 4.69) is 17.4 Å². The molecular formula is C37H52N2O4S. The van der Waals surface area contributed by atoms with Crippen LogP contribution in [0.4, 0.5) is 0 Å². The van der Waals surface area contributed by atoms with Crippen LogP contribution in [0.1, 0.15) is 119 Å². The first-order valence-electron chi connectivity index (χ1n) is 17.0. The van der Waals surface area contributed by atoms with Crippen molar-refractivity contribution in [1.82, 2.24) is 10.2 Å². The number of hydrogen-bond donors (Lipinski definition) is 2. The summed E-state index contributed by atoms with van der Waals surface area (Å²) in [6.45, 7) is 1.49. The summed E-state index contributed by atoms with van der Waals surface area (Å²) in [7, 11) is 0. The number of amides is 1. The Labute approximate surface area is 268 Å².